The van der Waals surface area contributed by atoms with Crippen LogP contribution >= 0.6 is 0 Å². The number of likely N-dealkylation sites (N-methyl/N-ethyl adjacent to an activating group) is 1. The number of hydrogen-bond donors (Lipinski definition) is 1. The van der Waals surface area contributed by atoms with E-state index in [9.17, 15) is 0 Å². The Bertz CT molecular complexity index is 424. The highest BCUT2D eigenvalue weighted by Gasteiger charge is 2.19. The summed E-state index contributed by atoms with van der Waals surface area (Å²) in [5.74, 6) is 0. The molecule has 1 N–H and O–H groups in total. The Balaban J connectivity index is 2.23. The van der Waals surface area contributed by atoms with Crippen molar-refractivity contribution in [2.75, 3.05) is 6.54 Å². The fourth-order valence-electron chi connectivity index (χ4n) is 2.03. The molecule has 0 radical (unpaired) electrons. The molecule has 0 saturated heterocycles. The normalized spacial score (nSPS) is 14.5. The molecule has 2 aromatic rings. The fraction of sp³-hybridized carbons (Fsp3) is 0.385. The lowest BCUT2D eigenvalue weighted by atomic mass is 10.0. The summed E-state index contributed by atoms with van der Waals surface area (Å²) >= 11 is 0. The van der Waals surface area contributed by atoms with Crippen molar-refractivity contribution in [3.8, 4) is 0 Å². The molecule has 0 aliphatic carbocycles. The second kappa shape index (κ2) is 5.59. The molecule has 0 bridgehead atoms. The molecule has 2 atom stereocenters. The van der Waals surface area contributed by atoms with E-state index in [-0.39, 0.29) is 12.1 Å². The molecule has 0 fully saturated rings. The van der Waals surface area contributed by atoms with E-state index in [2.05, 4.69) is 53.5 Å². The number of nitrogens with one attached hydrogen (secondary N) is 1. The smallest absolute Gasteiger partial charge is 0.137 e. The maximum absolute atomic E-state index is 4.21. The van der Waals surface area contributed by atoms with E-state index in [0.717, 1.165) is 6.54 Å². The molecule has 1 aromatic carbocycles. The molecular weight excluding hydrogens is 212 g/mol. The lowest BCUT2D eigenvalue weighted by Crippen LogP contribution is -2.29. The summed E-state index contributed by atoms with van der Waals surface area (Å²) < 4.78 is 1.89. The molecule has 0 aliphatic rings. The summed E-state index contributed by atoms with van der Waals surface area (Å²) in [7, 11) is 0. The van der Waals surface area contributed by atoms with Crippen LogP contribution < -0.4 is 5.32 Å². The van der Waals surface area contributed by atoms with Crippen LogP contribution in [0.1, 0.15) is 31.5 Å². The fourth-order valence-corrected chi connectivity index (χ4v) is 2.03. The minimum absolute atomic E-state index is 0.236. The zero-order chi connectivity index (χ0) is 12.1. The summed E-state index contributed by atoms with van der Waals surface area (Å²) in [6.07, 6.45) is 3.34. The highest BCUT2D eigenvalue weighted by Crippen LogP contribution is 2.24. The van der Waals surface area contributed by atoms with Gasteiger partial charge in [-0.25, -0.2) is 9.67 Å². The van der Waals surface area contributed by atoms with Crippen LogP contribution in [0.3, 0.4) is 0 Å². The lowest BCUT2D eigenvalue weighted by Gasteiger charge is -2.25. The van der Waals surface area contributed by atoms with Crippen molar-refractivity contribution in [2.24, 2.45) is 0 Å². The molecule has 2 unspecified atom stereocenters. The Kier molecular flexibility index (Phi) is 3.88. The first-order valence-electron chi connectivity index (χ1n) is 5.95. The van der Waals surface area contributed by atoms with Gasteiger partial charge in [0.1, 0.15) is 12.7 Å². The minimum atomic E-state index is 0.236. The molecule has 0 saturated carbocycles. The van der Waals surface area contributed by atoms with Crippen LogP contribution in [0.15, 0.2) is 43.0 Å². The minimum Gasteiger partial charge on any atom is -0.308 e. The SMILES string of the molecule is CCNC(c1ccccc1)C(C)n1cncn1. The molecule has 4 nitrogen and oxygen atoms in total. The van der Waals surface area contributed by atoms with Gasteiger partial charge in [-0.2, -0.15) is 5.10 Å². The molecule has 0 spiro atoms. The van der Waals surface area contributed by atoms with E-state index in [1.165, 1.54) is 5.56 Å². The van der Waals surface area contributed by atoms with Crippen molar-refractivity contribution < 1.29 is 0 Å². The second-order valence-electron chi connectivity index (χ2n) is 4.06. The van der Waals surface area contributed by atoms with E-state index < -0.39 is 0 Å². The van der Waals surface area contributed by atoms with Crippen LogP contribution in [-0.2, 0) is 0 Å². The van der Waals surface area contributed by atoms with Gasteiger partial charge in [-0.05, 0) is 19.0 Å². The molecule has 2 rings (SSSR count). The highest BCUT2D eigenvalue weighted by molar-refractivity contribution is 5.20. The van der Waals surface area contributed by atoms with E-state index >= 15 is 0 Å². The van der Waals surface area contributed by atoms with E-state index in [1.54, 1.807) is 12.7 Å². The predicted octanol–water partition coefficient (Wildman–Crippen LogP) is 2.19. The van der Waals surface area contributed by atoms with Gasteiger partial charge in [-0.3, -0.25) is 0 Å². The summed E-state index contributed by atoms with van der Waals surface area (Å²) in [5.41, 5.74) is 1.28. The lowest BCUT2D eigenvalue weighted by molar-refractivity contribution is 0.358. The van der Waals surface area contributed by atoms with Crippen LogP contribution in [0.5, 0.6) is 0 Å². The average Bonchev–Trinajstić information content (AvgIpc) is 2.90. The third-order valence-corrected chi connectivity index (χ3v) is 2.92. The van der Waals surface area contributed by atoms with Gasteiger partial charge < -0.3 is 5.32 Å². The van der Waals surface area contributed by atoms with Crippen LogP contribution in [0, 0.1) is 0 Å². The number of nitrogens with zero attached hydrogens (tertiary/aromatic N) is 3. The van der Waals surface area contributed by atoms with Crippen molar-refractivity contribution in [3.05, 3.63) is 48.5 Å². The maximum atomic E-state index is 4.21. The summed E-state index contributed by atoms with van der Waals surface area (Å²) in [6.45, 7) is 5.19. The first-order valence-corrected chi connectivity index (χ1v) is 5.95. The average molecular weight is 230 g/mol. The van der Waals surface area contributed by atoms with Crippen LogP contribution in [-0.4, -0.2) is 21.3 Å². The van der Waals surface area contributed by atoms with Gasteiger partial charge in [0.25, 0.3) is 0 Å². The van der Waals surface area contributed by atoms with Gasteiger partial charge in [0, 0.05) is 0 Å². The molecule has 1 heterocycles. The summed E-state index contributed by atoms with van der Waals surface area (Å²) in [5, 5.41) is 7.71. The van der Waals surface area contributed by atoms with Crippen LogP contribution in [0.4, 0.5) is 0 Å². The molecule has 0 amide bonds. The Morgan fingerprint density at radius 1 is 1.29 bits per heavy atom. The first kappa shape index (κ1) is 11.8. The molecule has 0 aliphatic heterocycles. The van der Waals surface area contributed by atoms with Crippen molar-refractivity contribution in [1.29, 1.82) is 0 Å². The summed E-state index contributed by atoms with van der Waals surface area (Å²) in [4.78, 5) is 4.00. The number of hydrogen-bond acceptors (Lipinski definition) is 3. The van der Waals surface area contributed by atoms with E-state index in [0.29, 0.717) is 0 Å². The maximum Gasteiger partial charge on any atom is 0.137 e. The molecule has 17 heavy (non-hydrogen) atoms. The Hall–Kier alpha value is -1.68. The third kappa shape index (κ3) is 2.71. The number of aromatic nitrogens is 3. The summed E-state index contributed by atoms with van der Waals surface area (Å²) in [6, 6.07) is 10.9. The van der Waals surface area contributed by atoms with Gasteiger partial charge >= 0.3 is 0 Å². The van der Waals surface area contributed by atoms with Crippen molar-refractivity contribution in [2.45, 2.75) is 25.9 Å². The van der Waals surface area contributed by atoms with Crippen molar-refractivity contribution >= 4 is 0 Å². The van der Waals surface area contributed by atoms with Crippen LogP contribution in [0.2, 0.25) is 0 Å². The zero-order valence-corrected chi connectivity index (χ0v) is 10.2. The Morgan fingerprint density at radius 2 is 2.06 bits per heavy atom. The largest absolute Gasteiger partial charge is 0.308 e. The first-order chi connectivity index (χ1) is 8.33. The van der Waals surface area contributed by atoms with Gasteiger partial charge in [-0.15, -0.1) is 0 Å². The van der Waals surface area contributed by atoms with Crippen molar-refractivity contribution in [3.63, 3.8) is 0 Å². The monoisotopic (exact) mass is 230 g/mol. The van der Waals surface area contributed by atoms with Gasteiger partial charge in [-0.1, -0.05) is 37.3 Å². The van der Waals surface area contributed by atoms with Gasteiger partial charge in [0.05, 0.1) is 12.1 Å². The zero-order valence-electron chi connectivity index (χ0n) is 10.2. The number of benzene rings is 1. The van der Waals surface area contributed by atoms with Gasteiger partial charge in [0.2, 0.25) is 0 Å². The Morgan fingerprint density at radius 3 is 2.65 bits per heavy atom. The van der Waals surface area contributed by atoms with E-state index in [1.807, 2.05) is 10.7 Å². The highest BCUT2D eigenvalue weighted by atomic mass is 15.3. The van der Waals surface area contributed by atoms with E-state index in [4.69, 9.17) is 0 Å². The third-order valence-electron chi connectivity index (χ3n) is 2.92. The standard InChI is InChI=1S/C13H18N4/c1-3-15-13(12-7-5-4-6-8-12)11(2)17-10-14-9-16-17/h4-11,13,15H,3H2,1-2H3. The second-order valence-corrected chi connectivity index (χ2v) is 4.06. The topological polar surface area (TPSA) is 42.7 Å². The van der Waals surface area contributed by atoms with Gasteiger partial charge in [0.15, 0.2) is 0 Å². The molecular formula is C13H18N4. The van der Waals surface area contributed by atoms with Crippen molar-refractivity contribution in [1.82, 2.24) is 20.1 Å². The van der Waals surface area contributed by atoms with Crippen LogP contribution in [0.25, 0.3) is 0 Å². The number of rotatable bonds is 5. The molecule has 4 heteroatoms. The predicted molar refractivity (Wildman–Crippen MR) is 67.6 cm³/mol. The molecule has 90 valence electrons. The quantitative estimate of drug-likeness (QED) is 0.856. The molecule has 1 aromatic heterocycles. The Labute approximate surface area is 102 Å².